The van der Waals surface area contributed by atoms with Crippen molar-refractivity contribution in [2.24, 2.45) is 0 Å². The molecule has 1 aliphatic rings. The number of fused-ring (bicyclic) bond motifs is 1. The van der Waals surface area contributed by atoms with E-state index in [9.17, 15) is 14.4 Å². The highest BCUT2D eigenvalue weighted by atomic mass is 16.5. The van der Waals surface area contributed by atoms with Crippen LogP contribution in [-0.2, 0) is 4.79 Å². The second-order valence-corrected chi connectivity index (χ2v) is 8.19. The molecule has 1 saturated heterocycles. The van der Waals surface area contributed by atoms with Crippen LogP contribution in [-0.4, -0.2) is 59.4 Å². The first-order valence-corrected chi connectivity index (χ1v) is 11.3. The van der Waals surface area contributed by atoms with E-state index in [1.165, 1.54) is 6.07 Å². The zero-order valence-electron chi connectivity index (χ0n) is 18.9. The molecule has 0 unspecified atom stereocenters. The van der Waals surface area contributed by atoms with Gasteiger partial charge in [0.1, 0.15) is 17.1 Å². The topological polar surface area (TPSA) is 93.0 Å². The van der Waals surface area contributed by atoms with Crippen molar-refractivity contribution in [1.82, 2.24) is 14.8 Å². The highest BCUT2D eigenvalue weighted by Crippen LogP contribution is 2.24. The number of hydrogen-bond donors (Lipinski definition) is 0. The molecule has 0 N–H and O–H groups in total. The minimum absolute atomic E-state index is 0.0573. The van der Waals surface area contributed by atoms with Crippen molar-refractivity contribution in [3.63, 3.8) is 0 Å². The lowest BCUT2D eigenvalue weighted by atomic mass is 10.1. The maximum Gasteiger partial charge on any atom is 0.260 e. The normalized spacial score (nSPS) is 13.6. The summed E-state index contributed by atoms with van der Waals surface area (Å²) in [6, 6.07) is 19.0. The van der Waals surface area contributed by atoms with E-state index in [0.29, 0.717) is 54.2 Å². The molecule has 2 aromatic heterocycles. The maximum atomic E-state index is 12.6. The fourth-order valence-electron chi connectivity index (χ4n) is 4.03. The summed E-state index contributed by atoms with van der Waals surface area (Å²) in [5.74, 6) is 0.816. The van der Waals surface area contributed by atoms with E-state index in [4.69, 9.17) is 9.15 Å². The van der Waals surface area contributed by atoms with Gasteiger partial charge in [-0.05, 0) is 48.5 Å². The quantitative estimate of drug-likeness (QED) is 0.446. The van der Waals surface area contributed by atoms with Gasteiger partial charge < -0.3 is 19.0 Å². The van der Waals surface area contributed by atoms with E-state index >= 15 is 0 Å². The van der Waals surface area contributed by atoms with Crippen LogP contribution in [0.1, 0.15) is 10.4 Å². The molecule has 0 spiro atoms. The Morgan fingerprint density at radius 3 is 2.31 bits per heavy atom. The first-order valence-electron chi connectivity index (χ1n) is 11.3. The number of benzene rings is 2. The number of pyridine rings is 1. The summed E-state index contributed by atoms with van der Waals surface area (Å²) in [5, 5.41) is 0.539. The lowest BCUT2D eigenvalue weighted by Crippen LogP contribution is -2.51. The van der Waals surface area contributed by atoms with Crippen LogP contribution in [0.25, 0.3) is 22.3 Å². The molecule has 0 atom stereocenters. The minimum atomic E-state index is -0.134. The van der Waals surface area contributed by atoms with Gasteiger partial charge in [-0.2, -0.15) is 0 Å². The van der Waals surface area contributed by atoms with E-state index in [1.807, 2.05) is 6.07 Å². The molecule has 2 amide bonds. The lowest BCUT2D eigenvalue weighted by Gasteiger charge is -2.34. The molecule has 0 radical (unpaired) electrons. The summed E-state index contributed by atoms with van der Waals surface area (Å²) in [4.78, 5) is 44.9. The molecule has 35 heavy (non-hydrogen) atoms. The molecule has 3 heterocycles. The Kier molecular flexibility index (Phi) is 6.26. The summed E-state index contributed by atoms with van der Waals surface area (Å²) in [5.41, 5.74) is 1.76. The number of aromatic nitrogens is 1. The number of carbonyl (C=O) groups excluding carboxylic acids is 2. The van der Waals surface area contributed by atoms with Crippen LogP contribution in [0.4, 0.5) is 0 Å². The summed E-state index contributed by atoms with van der Waals surface area (Å²) < 4.78 is 11.5. The van der Waals surface area contributed by atoms with Crippen LogP contribution in [0.3, 0.4) is 0 Å². The van der Waals surface area contributed by atoms with E-state index < -0.39 is 0 Å². The fourth-order valence-corrected chi connectivity index (χ4v) is 4.03. The molecule has 1 fully saturated rings. The number of nitrogens with zero attached hydrogens (tertiary/aromatic N) is 3. The number of rotatable bonds is 5. The van der Waals surface area contributed by atoms with E-state index in [2.05, 4.69) is 4.98 Å². The summed E-state index contributed by atoms with van der Waals surface area (Å²) in [6.07, 6.45) is 3.18. The van der Waals surface area contributed by atoms with Crippen molar-refractivity contribution in [3.8, 4) is 17.1 Å². The Balaban J connectivity index is 1.15. The number of para-hydroxylation sites is 1. The zero-order valence-corrected chi connectivity index (χ0v) is 18.9. The Morgan fingerprint density at radius 1 is 0.886 bits per heavy atom. The van der Waals surface area contributed by atoms with Crippen LogP contribution in [0.5, 0.6) is 5.75 Å². The molecule has 0 saturated carbocycles. The van der Waals surface area contributed by atoms with Crippen LogP contribution >= 0.6 is 0 Å². The molecule has 0 bridgehead atoms. The predicted octanol–water partition coefficient (Wildman–Crippen LogP) is 3.22. The number of ether oxygens (including phenoxy) is 1. The average Bonchev–Trinajstić information content (AvgIpc) is 2.92. The van der Waals surface area contributed by atoms with Crippen LogP contribution in [0, 0.1) is 0 Å². The van der Waals surface area contributed by atoms with Gasteiger partial charge in [0, 0.05) is 55.8 Å². The zero-order chi connectivity index (χ0) is 24.2. The van der Waals surface area contributed by atoms with Crippen molar-refractivity contribution in [1.29, 1.82) is 0 Å². The molecule has 8 nitrogen and oxygen atoms in total. The van der Waals surface area contributed by atoms with Crippen molar-refractivity contribution < 1.29 is 18.7 Å². The Bertz CT molecular complexity index is 1410. The number of carbonyl (C=O) groups is 2. The van der Waals surface area contributed by atoms with Gasteiger partial charge in [-0.3, -0.25) is 19.4 Å². The van der Waals surface area contributed by atoms with E-state index in [0.717, 1.165) is 5.56 Å². The molecule has 5 rings (SSSR count). The lowest BCUT2D eigenvalue weighted by molar-refractivity contribution is -0.134. The second-order valence-electron chi connectivity index (χ2n) is 8.19. The smallest absolute Gasteiger partial charge is 0.260 e. The van der Waals surface area contributed by atoms with Crippen molar-refractivity contribution in [2.45, 2.75) is 0 Å². The number of hydrogen-bond acceptors (Lipinski definition) is 6. The standard InChI is InChI=1S/C27H23N3O5/c31-23-17-25(35-24-4-2-1-3-22(23)24)19-5-7-21(8-6-19)34-18-26(32)29-13-15-30(16-14-29)27(33)20-9-11-28-12-10-20/h1-12,17H,13-16,18H2. The summed E-state index contributed by atoms with van der Waals surface area (Å²) in [7, 11) is 0. The minimum Gasteiger partial charge on any atom is -0.484 e. The highest BCUT2D eigenvalue weighted by molar-refractivity contribution is 5.94. The van der Waals surface area contributed by atoms with Gasteiger partial charge in [0.25, 0.3) is 11.8 Å². The second kappa shape index (κ2) is 9.80. The highest BCUT2D eigenvalue weighted by Gasteiger charge is 2.25. The van der Waals surface area contributed by atoms with Crippen molar-refractivity contribution >= 4 is 22.8 Å². The van der Waals surface area contributed by atoms with Gasteiger partial charge in [-0.1, -0.05) is 12.1 Å². The molecule has 2 aromatic carbocycles. The van der Waals surface area contributed by atoms with E-state index in [-0.39, 0.29) is 23.9 Å². The first kappa shape index (κ1) is 22.3. The molecular formula is C27H23N3O5. The molecule has 1 aliphatic heterocycles. The van der Waals surface area contributed by atoms with E-state index in [1.54, 1.807) is 76.8 Å². The third kappa shape index (κ3) is 4.91. The van der Waals surface area contributed by atoms with Gasteiger partial charge >= 0.3 is 0 Å². The van der Waals surface area contributed by atoms with Crippen LogP contribution < -0.4 is 10.2 Å². The first-order chi connectivity index (χ1) is 17.1. The number of amides is 2. The fraction of sp³-hybridized carbons (Fsp3) is 0.185. The van der Waals surface area contributed by atoms with Gasteiger partial charge in [-0.25, -0.2) is 0 Å². The van der Waals surface area contributed by atoms with Gasteiger partial charge in [-0.15, -0.1) is 0 Å². The van der Waals surface area contributed by atoms with Crippen LogP contribution in [0.15, 0.2) is 88.3 Å². The van der Waals surface area contributed by atoms with Gasteiger partial charge in [0.05, 0.1) is 5.39 Å². The van der Waals surface area contributed by atoms with Crippen molar-refractivity contribution in [2.75, 3.05) is 32.8 Å². The van der Waals surface area contributed by atoms with Gasteiger partial charge in [0.15, 0.2) is 12.0 Å². The average molecular weight is 469 g/mol. The Morgan fingerprint density at radius 2 is 1.57 bits per heavy atom. The number of piperazine rings is 1. The van der Waals surface area contributed by atoms with Gasteiger partial charge in [0.2, 0.25) is 0 Å². The summed E-state index contributed by atoms with van der Waals surface area (Å²) in [6.45, 7) is 1.76. The largest absolute Gasteiger partial charge is 0.484 e. The maximum absolute atomic E-state index is 12.6. The van der Waals surface area contributed by atoms with Crippen LogP contribution in [0.2, 0.25) is 0 Å². The predicted molar refractivity (Wildman–Crippen MR) is 130 cm³/mol. The summed E-state index contributed by atoms with van der Waals surface area (Å²) >= 11 is 0. The molecule has 8 heteroatoms. The molecular weight excluding hydrogens is 446 g/mol. The molecule has 0 aliphatic carbocycles. The molecule has 4 aromatic rings. The van der Waals surface area contributed by atoms with Crippen molar-refractivity contribution in [3.05, 3.63) is 94.9 Å². The Labute approximate surface area is 201 Å². The third-order valence-corrected chi connectivity index (χ3v) is 5.98. The Hall–Kier alpha value is -4.46. The third-order valence-electron chi connectivity index (χ3n) is 5.98. The SMILES string of the molecule is O=C(COc1ccc(-c2cc(=O)c3ccccc3o2)cc1)N1CCN(C(=O)c2ccncc2)CC1. The molecule has 176 valence electrons. The monoisotopic (exact) mass is 469 g/mol.